The molecule has 0 amide bonds. The highest BCUT2D eigenvalue weighted by atomic mass is 35.5. The molecule has 1 aliphatic heterocycles. The highest BCUT2D eigenvalue weighted by Crippen LogP contribution is 2.38. The van der Waals surface area contributed by atoms with Crippen LogP contribution in [0.3, 0.4) is 0 Å². The average molecular weight is 530 g/mol. The highest BCUT2D eigenvalue weighted by Gasteiger charge is 2.44. The molecule has 0 aliphatic carbocycles. The predicted molar refractivity (Wildman–Crippen MR) is 125 cm³/mol. The van der Waals surface area contributed by atoms with Crippen molar-refractivity contribution in [2.75, 3.05) is 11.5 Å². The van der Waals surface area contributed by atoms with Gasteiger partial charge in [0.1, 0.15) is 18.0 Å². The van der Waals surface area contributed by atoms with Crippen LogP contribution in [0.1, 0.15) is 44.0 Å². The van der Waals surface area contributed by atoms with Gasteiger partial charge in [0.05, 0.1) is 18.5 Å². The van der Waals surface area contributed by atoms with E-state index in [4.69, 9.17) is 26.1 Å². The Kier molecular flexibility index (Phi) is 7.72. The number of aliphatic hydroxyl groups excluding tert-OH is 2. The van der Waals surface area contributed by atoms with Crippen molar-refractivity contribution in [1.82, 2.24) is 19.5 Å². The van der Waals surface area contributed by atoms with E-state index in [2.05, 4.69) is 20.3 Å². The SMILES string of the molecule is C[C@H](Nc1nc(Cl)nc2c1ncn2[C@@H]1O[C@H](CCCCP(=O)(O)O)C(O)[C@@H]1O)c1ccc(F)cc1. The van der Waals surface area contributed by atoms with Crippen molar-refractivity contribution in [3.63, 3.8) is 0 Å². The summed E-state index contributed by atoms with van der Waals surface area (Å²) in [5.41, 5.74) is 1.45. The third-order valence-electron chi connectivity index (χ3n) is 5.92. The van der Waals surface area contributed by atoms with Gasteiger partial charge in [0.2, 0.25) is 5.28 Å². The molecule has 1 fully saturated rings. The summed E-state index contributed by atoms with van der Waals surface area (Å²) in [4.78, 5) is 30.8. The molecule has 1 aliphatic rings. The van der Waals surface area contributed by atoms with Gasteiger partial charge >= 0.3 is 7.60 Å². The van der Waals surface area contributed by atoms with E-state index < -0.39 is 32.1 Å². The van der Waals surface area contributed by atoms with Gasteiger partial charge < -0.3 is 30.1 Å². The molecule has 14 heteroatoms. The topological polar surface area (TPSA) is 163 Å². The molecule has 0 bridgehead atoms. The van der Waals surface area contributed by atoms with E-state index in [1.807, 2.05) is 6.92 Å². The van der Waals surface area contributed by atoms with Gasteiger partial charge in [-0.15, -0.1) is 0 Å². The zero-order valence-corrected chi connectivity index (χ0v) is 20.3. The number of imidazole rings is 1. The van der Waals surface area contributed by atoms with Gasteiger partial charge in [-0.3, -0.25) is 9.13 Å². The number of nitrogens with one attached hydrogen (secondary N) is 1. The quantitative estimate of drug-likeness (QED) is 0.158. The number of hydrogen-bond acceptors (Lipinski definition) is 8. The molecular formula is C21H26ClFN5O6P. The molecule has 0 saturated carbocycles. The predicted octanol–water partition coefficient (Wildman–Crippen LogP) is 2.76. The van der Waals surface area contributed by atoms with Gasteiger partial charge in [-0.25, -0.2) is 9.37 Å². The van der Waals surface area contributed by atoms with Crippen molar-refractivity contribution in [2.24, 2.45) is 0 Å². The summed E-state index contributed by atoms with van der Waals surface area (Å²) in [5, 5.41) is 24.2. The number of unbranched alkanes of at least 4 members (excludes halogenated alkanes) is 1. The van der Waals surface area contributed by atoms with Gasteiger partial charge in [-0.2, -0.15) is 9.97 Å². The second-order valence-electron chi connectivity index (χ2n) is 8.51. The van der Waals surface area contributed by atoms with Crippen LogP contribution in [0, 0.1) is 5.82 Å². The van der Waals surface area contributed by atoms with Crippen LogP contribution in [0.2, 0.25) is 5.28 Å². The monoisotopic (exact) mass is 529 g/mol. The maximum atomic E-state index is 13.3. The minimum Gasteiger partial charge on any atom is -0.388 e. The average Bonchev–Trinajstić information content (AvgIpc) is 3.32. The first kappa shape index (κ1) is 25.9. The Balaban J connectivity index is 1.52. The summed E-state index contributed by atoms with van der Waals surface area (Å²) in [5.74, 6) is -0.0119. The molecule has 5 atom stereocenters. The molecule has 1 saturated heterocycles. The summed E-state index contributed by atoms with van der Waals surface area (Å²) in [6.07, 6.45) is -2.12. The molecule has 11 nitrogen and oxygen atoms in total. The van der Waals surface area contributed by atoms with E-state index >= 15 is 0 Å². The van der Waals surface area contributed by atoms with Crippen LogP contribution in [-0.2, 0) is 9.30 Å². The Morgan fingerprint density at radius 2 is 1.91 bits per heavy atom. The fourth-order valence-corrected chi connectivity index (χ4v) is 4.88. The summed E-state index contributed by atoms with van der Waals surface area (Å²) in [6, 6.07) is 5.75. The first-order valence-corrected chi connectivity index (χ1v) is 13.2. The number of aliphatic hydroxyl groups is 2. The van der Waals surface area contributed by atoms with Crippen LogP contribution >= 0.6 is 19.2 Å². The molecule has 5 N–H and O–H groups in total. The Hall–Kier alpha value is -2.18. The summed E-state index contributed by atoms with van der Waals surface area (Å²) in [6.45, 7) is 1.86. The number of benzene rings is 1. The van der Waals surface area contributed by atoms with E-state index in [9.17, 15) is 19.2 Å². The van der Waals surface area contributed by atoms with E-state index in [1.165, 1.54) is 23.0 Å². The molecule has 0 radical (unpaired) electrons. The zero-order valence-electron chi connectivity index (χ0n) is 18.7. The van der Waals surface area contributed by atoms with Gasteiger partial charge in [0.15, 0.2) is 23.2 Å². The Morgan fingerprint density at radius 1 is 1.20 bits per heavy atom. The van der Waals surface area contributed by atoms with E-state index in [0.717, 1.165) is 5.56 Å². The molecule has 0 spiro atoms. The third-order valence-corrected chi connectivity index (χ3v) is 6.98. The fourth-order valence-electron chi connectivity index (χ4n) is 4.08. The lowest BCUT2D eigenvalue weighted by molar-refractivity contribution is -0.0373. The van der Waals surface area contributed by atoms with Crippen molar-refractivity contribution in [3.8, 4) is 0 Å². The summed E-state index contributed by atoms with van der Waals surface area (Å²) >= 11 is 6.16. The van der Waals surface area contributed by atoms with Crippen LogP contribution < -0.4 is 5.32 Å². The van der Waals surface area contributed by atoms with Gasteiger partial charge in [-0.05, 0) is 49.1 Å². The molecule has 1 unspecified atom stereocenters. The number of ether oxygens (including phenoxy) is 1. The van der Waals surface area contributed by atoms with Crippen LogP contribution in [0.4, 0.5) is 10.2 Å². The number of fused-ring (bicyclic) bond motifs is 1. The number of aromatic nitrogens is 4. The molecule has 3 heterocycles. The third kappa shape index (κ3) is 5.97. The number of nitrogens with zero attached hydrogens (tertiary/aromatic N) is 4. The Labute approximate surface area is 205 Å². The van der Waals surface area contributed by atoms with Crippen LogP contribution in [0.15, 0.2) is 30.6 Å². The first-order valence-electron chi connectivity index (χ1n) is 11.0. The first-order chi connectivity index (χ1) is 16.5. The van der Waals surface area contributed by atoms with E-state index in [-0.39, 0.29) is 35.4 Å². The number of rotatable bonds is 9. The number of anilines is 1. The van der Waals surface area contributed by atoms with Crippen molar-refractivity contribution < 1.29 is 33.7 Å². The molecule has 190 valence electrons. The maximum absolute atomic E-state index is 13.3. The van der Waals surface area contributed by atoms with Crippen molar-refractivity contribution in [2.45, 2.75) is 56.8 Å². The fraction of sp³-hybridized carbons (Fsp3) is 0.476. The van der Waals surface area contributed by atoms with Gasteiger partial charge in [-0.1, -0.05) is 18.6 Å². The van der Waals surface area contributed by atoms with Crippen molar-refractivity contribution >= 4 is 36.2 Å². The van der Waals surface area contributed by atoms with Crippen LogP contribution in [0.25, 0.3) is 11.2 Å². The van der Waals surface area contributed by atoms with E-state index in [0.29, 0.717) is 24.2 Å². The Morgan fingerprint density at radius 3 is 2.60 bits per heavy atom. The molecule has 1 aromatic carbocycles. The Bertz CT molecular complexity index is 1220. The molecular weight excluding hydrogens is 504 g/mol. The van der Waals surface area contributed by atoms with E-state index in [1.54, 1.807) is 12.1 Å². The lowest BCUT2D eigenvalue weighted by Crippen LogP contribution is -2.31. The normalized spacial score (nSPS) is 23.6. The molecule has 4 rings (SSSR count). The lowest BCUT2D eigenvalue weighted by atomic mass is 10.1. The van der Waals surface area contributed by atoms with Crippen molar-refractivity contribution in [1.29, 1.82) is 0 Å². The minimum absolute atomic E-state index is 0.0740. The molecule has 3 aromatic rings. The van der Waals surface area contributed by atoms with Crippen LogP contribution in [0.5, 0.6) is 0 Å². The smallest absolute Gasteiger partial charge is 0.325 e. The van der Waals surface area contributed by atoms with Crippen molar-refractivity contribution in [3.05, 3.63) is 47.3 Å². The second-order valence-corrected chi connectivity index (χ2v) is 10.6. The van der Waals surface area contributed by atoms with Gasteiger partial charge in [0, 0.05) is 6.16 Å². The lowest BCUT2D eigenvalue weighted by Gasteiger charge is -2.18. The summed E-state index contributed by atoms with van der Waals surface area (Å²) in [7, 11) is -4.09. The highest BCUT2D eigenvalue weighted by molar-refractivity contribution is 7.51. The minimum atomic E-state index is -4.09. The standard InChI is InChI=1S/C21H26ClFN5O6P/c1-11(12-5-7-13(23)8-6-12)25-18-15-19(27-21(22)26-18)28(10-24-15)20-17(30)16(29)14(34-20)4-2-3-9-35(31,32)33/h5-8,10-11,14,16-17,20,29-30H,2-4,9H2,1H3,(H,25,26,27)(H2,31,32,33)/t11-,14+,16?,17-,20+/m0/s1. The largest absolute Gasteiger partial charge is 0.388 e. The number of halogens is 2. The maximum Gasteiger partial charge on any atom is 0.325 e. The molecule has 35 heavy (non-hydrogen) atoms. The zero-order chi connectivity index (χ0) is 25.3. The summed E-state index contributed by atoms with van der Waals surface area (Å²) < 4.78 is 31.6. The van der Waals surface area contributed by atoms with Crippen LogP contribution in [-0.4, -0.2) is 64.0 Å². The second kappa shape index (κ2) is 10.4. The molecule has 2 aromatic heterocycles. The van der Waals surface area contributed by atoms with Gasteiger partial charge in [0.25, 0.3) is 0 Å². The number of hydrogen-bond donors (Lipinski definition) is 5.